The van der Waals surface area contributed by atoms with E-state index in [4.69, 9.17) is 4.99 Å². The highest BCUT2D eigenvalue weighted by Gasteiger charge is 2.23. The Morgan fingerprint density at radius 3 is 2.22 bits per heavy atom. The van der Waals surface area contributed by atoms with Crippen LogP contribution in [0.25, 0.3) is 0 Å². The van der Waals surface area contributed by atoms with Gasteiger partial charge in [0.05, 0.1) is 17.5 Å². The van der Waals surface area contributed by atoms with Gasteiger partial charge in [0.2, 0.25) is 10.0 Å². The van der Waals surface area contributed by atoms with E-state index in [-0.39, 0.29) is 41.5 Å². The van der Waals surface area contributed by atoms with Crippen LogP contribution >= 0.6 is 24.0 Å². The second kappa shape index (κ2) is 13.8. The lowest BCUT2D eigenvalue weighted by molar-refractivity contribution is 0.251. The number of rotatable bonds is 10. The summed E-state index contributed by atoms with van der Waals surface area (Å²) >= 11 is 0. The molecule has 7 nitrogen and oxygen atoms in total. The summed E-state index contributed by atoms with van der Waals surface area (Å²) in [6.45, 7) is 6.31. The molecule has 3 N–H and O–H groups in total. The zero-order chi connectivity index (χ0) is 21.9. The minimum Gasteiger partial charge on any atom is -0.357 e. The number of nitrogens with zero attached hydrogens (tertiary/aromatic N) is 2. The maximum atomic E-state index is 12.3. The minimum absolute atomic E-state index is 0. The van der Waals surface area contributed by atoms with E-state index in [0.29, 0.717) is 19.0 Å². The molecule has 0 aliphatic carbocycles. The van der Waals surface area contributed by atoms with E-state index in [2.05, 4.69) is 44.5 Å². The van der Waals surface area contributed by atoms with Gasteiger partial charge in [0.25, 0.3) is 0 Å². The normalized spacial score (nSPS) is 15.7. The van der Waals surface area contributed by atoms with Crippen molar-refractivity contribution in [3.63, 3.8) is 0 Å². The van der Waals surface area contributed by atoms with Gasteiger partial charge in [-0.05, 0) is 50.6 Å². The van der Waals surface area contributed by atoms with Gasteiger partial charge in [0, 0.05) is 19.6 Å². The Bertz CT molecular complexity index is 920. The molecule has 1 aliphatic rings. The summed E-state index contributed by atoms with van der Waals surface area (Å²) in [6.07, 6.45) is 2.46. The molecular formula is C23H34IN5O2S. The molecule has 9 heteroatoms. The monoisotopic (exact) mass is 571 g/mol. The third-order valence-electron chi connectivity index (χ3n) is 5.30. The summed E-state index contributed by atoms with van der Waals surface area (Å²) < 4.78 is 27.3. The van der Waals surface area contributed by atoms with Crippen molar-refractivity contribution in [3.05, 3.63) is 66.2 Å². The first-order valence-corrected chi connectivity index (χ1v) is 12.4. The van der Waals surface area contributed by atoms with Crippen molar-refractivity contribution in [2.75, 3.05) is 39.3 Å². The first-order valence-electron chi connectivity index (χ1n) is 11.0. The van der Waals surface area contributed by atoms with E-state index in [0.717, 1.165) is 19.6 Å². The Balaban J connectivity index is 0.00000363. The van der Waals surface area contributed by atoms with Crippen molar-refractivity contribution in [2.45, 2.75) is 30.7 Å². The zero-order valence-corrected chi connectivity index (χ0v) is 21.7. The number of hydrogen-bond donors (Lipinski definition) is 3. The fourth-order valence-electron chi connectivity index (χ4n) is 3.73. The van der Waals surface area contributed by atoms with Gasteiger partial charge in [0.15, 0.2) is 5.96 Å². The first-order chi connectivity index (χ1) is 15.1. The fraction of sp³-hybridized carbons (Fsp3) is 0.435. The molecule has 1 fully saturated rings. The number of guanidine groups is 1. The molecule has 0 amide bonds. The van der Waals surface area contributed by atoms with Gasteiger partial charge in [-0.2, -0.15) is 0 Å². The largest absolute Gasteiger partial charge is 0.357 e. The van der Waals surface area contributed by atoms with Crippen LogP contribution in [0.1, 0.15) is 31.4 Å². The maximum absolute atomic E-state index is 12.3. The summed E-state index contributed by atoms with van der Waals surface area (Å²) in [5.41, 5.74) is 1.28. The second-order valence-corrected chi connectivity index (χ2v) is 9.29. The van der Waals surface area contributed by atoms with Gasteiger partial charge in [-0.15, -0.1) is 24.0 Å². The molecule has 0 radical (unpaired) electrons. The molecule has 1 aliphatic heterocycles. The quantitative estimate of drug-likeness (QED) is 0.177. The van der Waals surface area contributed by atoms with Crippen LogP contribution in [0.2, 0.25) is 0 Å². The number of aliphatic imine (C=N–C) groups is 1. The average molecular weight is 572 g/mol. The molecule has 1 unspecified atom stereocenters. The van der Waals surface area contributed by atoms with Crippen molar-refractivity contribution < 1.29 is 8.42 Å². The highest BCUT2D eigenvalue weighted by Crippen LogP contribution is 2.25. The van der Waals surface area contributed by atoms with Crippen molar-refractivity contribution in [1.29, 1.82) is 0 Å². The molecule has 3 rings (SSSR count). The highest BCUT2D eigenvalue weighted by atomic mass is 127. The molecule has 1 heterocycles. The standard InChI is InChI=1S/C23H33N5O2S.HI/c1-2-24-23(25-15-16-27-31(29,30)21-13-7-4-8-14-21)26-19-22(28-17-9-10-18-28)20-11-5-3-6-12-20;/h3-8,11-14,22,27H,2,9-10,15-19H2,1H3,(H2,24,25,26);1H. The minimum atomic E-state index is -3.50. The van der Waals surface area contributed by atoms with Gasteiger partial charge in [0.1, 0.15) is 0 Å². The fourth-order valence-corrected chi connectivity index (χ4v) is 4.78. The maximum Gasteiger partial charge on any atom is 0.240 e. The third kappa shape index (κ3) is 8.02. The summed E-state index contributed by atoms with van der Waals surface area (Å²) in [7, 11) is -3.50. The SMILES string of the molecule is CCNC(=NCC(c1ccccc1)N1CCCC1)NCCNS(=O)(=O)c1ccccc1.I. The van der Waals surface area contributed by atoms with Gasteiger partial charge in [-0.1, -0.05) is 48.5 Å². The third-order valence-corrected chi connectivity index (χ3v) is 6.77. The van der Waals surface area contributed by atoms with Gasteiger partial charge in [-0.25, -0.2) is 13.1 Å². The lowest BCUT2D eigenvalue weighted by Gasteiger charge is -2.27. The molecule has 0 saturated carbocycles. The van der Waals surface area contributed by atoms with E-state index in [1.54, 1.807) is 30.3 Å². The van der Waals surface area contributed by atoms with Gasteiger partial charge >= 0.3 is 0 Å². The van der Waals surface area contributed by atoms with Crippen LogP contribution in [0.4, 0.5) is 0 Å². The number of likely N-dealkylation sites (tertiary alicyclic amines) is 1. The Morgan fingerprint density at radius 2 is 1.59 bits per heavy atom. The number of halogens is 1. The molecule has 0 bridgehead atoms. The highest BCUT2D eigenvalue weighted by molar-refractivity contribution is 14.0. The molecular weight excluding hydrogens is 537 g/mol. The lowest BCUT2D eigenvalue weighted by atomic mass is 10.1. The smallest absolute Gasteiger partial charge is 0.240 e. The molecule has 176 valence electrons. The van der Waals surface area contributed by atoms with E-state index in [1.165, 1.54) is 18.4 Å². The van der Waals surface area contributed by atoms with Gasteiger partial charge < -0.3 is 10.6 Å². The molecule has 0 aromatic heterocycles. The van der Waals surface area contributed by atoms with E-state index in [9.17, 15) is 8.42 Å². The topological polar surface area (TPSA) is 85.8 Å². The van der Waals surface area contributed by atoms with E-state index in [1.807, 2.05) is 13.0 Å². The predicted octanol–water partition coefficient (Wildman–Crippen LogP) is 2.98. The Morgan fingerprint density at radius 1 is 0.969 bits per heavy atom. The summed E-state index contributed by atoms with van der Waals surface area (Å²) in [5.74, 6) is 0.696. The lowest BCUT2D eigenvalue weighted by Crippen LogP contribution is -2.42. The Kier molecular flexibility index (Phi) is 11.4. The average Bonchev–Trinajstić information content (AvgIpc) is 3.33. The summed E-state index contributed by atoms with van der Waals surface area (Å²) in [6, 6.07) is 19.2. The zero-order valence-electron chi connectivity index (χ0n) is 18.5. The van der Waals surface area contributed by atoms with Gasteiger partial charge in [-0.3, -0.25) is 9.89 Å². The first kappa shape index (κ1) is 26.6. The predicted molar refractivity (Wildman–Crippen MR) is 141 cm³/mol. The number of hydrogen-bond acceptors (Lipinski definition) is 4. The van der Waals surface area contributed by atoms with Crippen LogP contribution in [-0.2, 0) is 10.0 Å². The van der Waals surface area contributed by atoms with Crippen molar-refractivity contribution >= 4 is 40.0 Å². The van der Waals surface area contributed by atoms with Crippen LogP contribution in [0.3, 0.4) is 0 Å². The van der Waals surface area contributed by atoms with E-state index < -0.39 is 10.0 Å². The van der Waals surface area contributed by atoms with Crippen molar-refractivity contribution in [2.24, 2.45) is 4.99 Å². The van der Waals surface area contributed by atoms with Crippen LogP contribution in [0.5, 0.6) is 0 Å². The molecule has 2 aromatic carbocycles. The Hall–Kier alpha value is -1.69. The van der Waals surface area contributed by atoms with Crippen molar-refractivity contribution in [1.82, 2.24) is 20.3 Å². The molecule has 1 atom stereocenters. The Labute approximate surface area is 209 Å². The van der Waals surface area contributed by atoms with Crippen LogP contribution in [-0.4, -0.2) is 58.5 Å². The van der Waals surface area contributed by atoms with E-state index >= 15 is 0 Å². The summed E-state index contributed by atoms with van der Waals surface area (Å²) in [4.78, 5) is 7.57. The van der Waals surface area contributed by atoms with Crippen LogP contribution in [0.15, 0.2) is 70.6 Å². The molecule has 32 heavy (non-hydrogen) atoms. The number of nitrogens with one attached hydrogen (secondary N) is 3. The molecule has 1 saturated heterocycles. The second-order valence-electron chi connectivity index (χ2n) is 7.53. The molecule has 0 spiro atoms. The van der Waals surface area contributed by atoms with Crippen LogP contribution in [0, 0.1) is 0 Å². The van der Waals surface area contributed by atoms with Crippen molar-refractivity contribution in [3.8, 4) is 0 Å². The number of benzene rings is 2. The molecule has 2 aromatic rings. The number of sulfonamides is 1. The summed E-state index contributed by atoms with van der Waals surface area (Å²) in [5, 5.41) is 6.49. The van der Waals surface area contributed by atoms with Crippen LogP contribution < -0.4 is 15.4 Å².